The SMILES string of the molecule is C=C[C@@H]1C[C@]1(N=C(c1ccccc1)c1ccccc1[N-]C(=O)[C@@H]1CCCN1Cc1ccccc1)C(=O)O.C=C[C@H]1C[C@@]1(N)C(=O)O.C=C[C@H]1C[C@@]1(NC(=O)OC(C)(C)C)C(=O)O.C=C[C@H]1C[C@@]1(NC(=O)OC(C)(C)C)C(=O)OCC.[Ni]. The molecule has 1 saturated heterocycles. The molecule has 0 aromatic heterocycles. The maximum Gasteiger partial charge on any atom is 0.408 e. The summed E-state index contributed by atoms with van der Waals surface area (Å²) in [6, 6.07) is 26.7. The number of aliphatic carboxylic acids is 3. The number of carboxylic acid groups (broad SMARTS) is 3. The summed E-state index contributed by atoms with van der Waals surface area (Å²) in [5.41, 5.74) is 3.31. The van der Waals surface area contributed by atoms with Crippen LogP contribution in [0.25, 0.3) is 5.32 Å². The number of para-hydroxylation sites is 1. The molecule has 5 aliphatic rings. The van der Waals surface area contributed by atoms with Gasteiger partial charge in [0.25, 0.3) is 0 Å². The van der Waals surface area contributed by atoms with Gasteiger partial charge in [0.05, 0.1) is 24.3 Å². The third kappa shape index (κ3) is 17.1. The van der Waals surface area contributed by atoms with E-state index in [-0.39, 0.29) is 58.7 Å². The number of alkyl carbamates (subject to hydrolysis) is 2. The molecule has 0 unspecified atom stereocenters. The molecule has 7 N–H and O–H groups in total. The van der Waals surface area contributed by atoms with Crippen molar-refractivity contribution in [3.05, 3.63) is 158 Å². The molecule has 1 aliphatic heterocycles. The normalized spacial score (nSPS) is 26.5. The molecule has 5 fully saturated rings. The second-order valence-corrected chi connectivity index (χ2v) is 22.4. The Kier molecular flexibility index (Phi) is 22.3. The van der Waals surface area contributed by atoms with Gasteiger partial charge in [-0.05, 0) is 105 Å². The van der Waals surface area contributed by atoms with Crippen LogP contribution in [0.15, 0.2) is 141 Å². The molecule has 19 nitrogen and oxygen atoms in total. The Balaban J connectivity index is 0.000000267. The standard InChI is InChI=1S/C31H31N3O3.C13H21NO4.C11H17NO4.C6H9NO2.Ni/c1-2-24-20-31(24,30(36)37)33-28(23-14-7-4-8-15-23)25-16-9-10-17-26(25)32-29(35)27-18-11-19-34(27)21-22-12-5-3-6-13-22;1-6-9-8-13(9,10(15)17-7-2)14-11(16)18-12(3,4)5;1-5-7-6-11(7,8(13)14)12-9(15)16-10(2,3)4;1-2-4-3-6(4,7)5(8)9;/h2-10,12-17,24,27H,1,11,18-21H2,(H2,32,33,35,36,37);6,9H,1,7-8H2,2-5H3,(H,14,16);5,7H,1,6H2,2-4H3,(H,12,15)(H,13,14);2,4H,1,3,7H2,(H,8,9);/p-1/t24-,27+,31-;9-,13-;7-,11-;4-,6-;/m1000./s1. The molecule has 3 amide bonds. The number of nitrogens with one attached hydrogen (secondary N) is 2. The zero-order valence-corrected chi connectivity index (χ0v) is 48.1. The number of nitrogens with two attached hydrogens (primary N) is 1. The molecule has 4 saturated carbocycles. The second kappa shape index (κ2) is 27.4. The van der Waals surface area contributed by atoms with E-state index in [1.54, 1.807) is 72.8 Å². The molecule has 440 valence electrons. The van der Waals surface area contributed by atoms with E-state index in [1.807, 2.05) is 66.7 Å². The molecule has 1 heterocycles. The zero-order chi connectivity index (χ0) is 59.4. The fraction of sp³-hybridized carbons (Fsp3) is 0.443. The van der Waals surface area contributed by atoms with Crippen molar-refractivity contribution in [1.29, 1.82) is 0 Å². The van der Waals surface area contributed by atoms with Crippen molar-refractivity contribution in [1.82, 2.24) is 15.5 Å². The van der Waals surface area contributed by atoms with Crippen molar-refractivity contribution in [2.75, 3.05) is 13.2 Å². The number of esters is 1. The minimum absolute atomic E-state index is 0. The number of nitrogens with zero attached hydrogens (tertiary/aromatic N) is 3. The molecular formula is C61H77N6NiO13-. The summed E-state index contributed by atoms with van der Waals surface area (Å²) < 4.78 is 15.1. The minimum atomic E-state index is -1.25. The Morgan fingerprint density at radius 2 is 1.20 bits per heavy atom. The van der Waals surface area contributed by atoms with E-state index in [0.29, 0.717) is 49.2 Å². The van der Waals surface area contributed by atoms with Crippen LogP contribution in [0.1, 0.15) is 104 Å². The number of hydrogen-bond donors (Lipinski definition) is 6. The molecule has 4 aliphatic carbocycles. The van der Waals surface area contributed by atoms with E-state index >= 15 is 0 Å². The van der Waals surface area contributed by atoms with Crippen LogP contribution in [-0.4, -0.2) is 120 Å². The van der Waals surface area contributed by atoms with Gasteiger partial charge in [0.2, 0.25) is 0 Å². The average Bonchev–Trinajstić information content (AvgIpc) is 4.37. The van der Waals surface area contributed by atoms with E-state index in [1.165, 1.54) is 11.6 Å². The predicted molar refractivity (Wildman–Crippen MR) is 303 cm³/mol. The second-order valence-electron chi connectivity index (χ2n) is 22.4. The van der Waals surface area contributed by atoms with Crippen LogP contribution in [0.4, 0.5) is 15.3 Å². The van der Waals surface area contributed by atoms with Crippen LogP contribution >= 0.6 is 0 Å². The minimum Gasteiger partial charge on any atom is -0.625 e. The van der Waals surface area contributed by atoms with E-state index in [0.717, 1.165) is 24.9 Å². The summed E-state index contributed by atoms with van der Waals surface area (Å²) >= 11 is 0. The first-order valence-corrected chi connectivity index (χ1v) is 26.6. The van der Waals surface area contributed by atoms with Crippen molar-refractivity contribution >= 4 is 53.4 Å². The fourth-order valence-electron chi connectivity index (χ4n) is 9.22. The Bertz CT molecular complexity index is 2830. The van der Waals surface area contributed by atoms with Gasteiger partial charge in [-0.15, -0.1) is 32.0 Å². The predicted octanol–water partition coefficient (Wildman–Crippen LogP) is 9.28. The van der Waals surface area contributed by atoms with Gasteiger partial charge in [0.1, 0.15) is 27.8 Å². The molecule has 8 rings (SSSR count). The molecular weight excluding hydrogens is 1080 g/mol. The van der Waals surface area contributed by atoms with Crippen LogP contribution in [0, 0.1) is 23.7 Å². The van der Waals surface area contributed by atoms with Crippen molar-refractivity contribution in [3.63, 3.8) is 0 Å². The van der Waals surface area contributed by atoms with E-state index in [9.17, 15) is 38.7 Å². The molecule has 0 radical (unpaired) electrons. The number of carboxylic acids is 3. The van der Waals surface area contributed by atoms with Crippen LogP contribution in [0.3, 0.4) is 0 Å². The van der Waals surface area contributed by atoms with Crippen LogP contribution in [0.2, 0.25) is 0 Å². The number of ether oxygens (including phenoxy) is 3. The van der Waals surface area contributed by atoms with Crippen molar-refractivity contribution < 1.29 is 79.6 Å². The monoisotopic (exact) mass is 1160 g/mol. The summed E-state index contributed by atoms with van der Waals surface area (Å²) in [4.78, 5) is 89.0. The molecule has 81 heavy (non-hydrogen) atoms. The number of benzene rings is 3. The average molecular weight is 1160 g/mol. The van der Waals surface area contributed by atoms with Gasteiger partial charge in [-0.3, -0.25) is 14.7 Å². The summed E-state index contributed by atoms with van der Waals surface area (Å²) in [7, 11) is 0. The molecule has 9 atom stereocenters. The van der Waals surface area contributed by atoms with E-state index < -0.39 is 69.4 Å². The Hall–Kier alpha value is -7.41. The quantitative estimate of drug-likeness (QED) is 0.0227. The van der Waals surface area contributed by atoms with Crippen molar-refractivity contribution in [2.45, 2.75) is 133 Å². The van der Waals surface area contributed by atoms with Gasteiger partial charge in [-0.25, -0.2) is 24.0 Å². The van der Waals surface area contributed by atoms with Crippen molar-refractivity contribution in [2.24, 2.45) is 34.4 Å². The van der Waals surface area contributed by atoms with Gasteiger partial charge < -0.3 is 56.0 Å². The number of rotatable bonds is 18. The van der Waals surface area contributed by atoms with Gasteiger partial charge >= 0.3 is 36.1 Å². The Morgan fingerprint density at radius 1 is 0.691 bits per heavy atom. The number of amides is 3. The van der Waals surface area contributed by atoms with Gasteiger partial charge in [0, 0.05) is 52.3 Å². The maximum absolute atomic E-state index is 13.5. The van der Waals surface area contributed by atoms with Gasteiger partial charge in [-0.1, -0.05) is 109 Å². The molecule has 3 aromatic carbocycles. The summed E-state index contributed by atoms with van der Waals surface area (Å²) in [6.45, 7) is 28.4. The summed E-state index contributed by atoms with van der Waals surface area (Å²) in [6.07, 6.45) is 8.62. The summed E-state index contributed by atoms with van der Waals surface area (Å²) in [5.74, 6) is -4.14. The van der Waals surface area contributed by atoms with Crippen LogP contribution in [0.5, 0.6) is 0 Å². The number of carbonyl (C=O) groups excluding carboxylic acids is 4. The smallest absolute Gasteiger partial charge is 0.408 e. The fourth-order valence-corrected chi connectivity index (χ4v) is 9.22. The summed E-state index contributed by atoms with van der Waals surface area (Å²) in [5, 5.41) is 37.1. The third-order valence-electron chi connectivity index (χ3n) is 14.1. The van der Waals surface area contributed by atoms with Crippen molar-refractivity contribution in [3.8, 4) is 0 Å². The first-order chi connectivity index (χ1) is 37.6. The Labute approximate surface area is 484 Å². The first-order valence-electron chi connectivity index (χ1n) is 26.6. The topological polar surface area (TPSA) is 288 Å². The Morgan fingerprint density at radius 3 is 1.64 bits per heavy atom. The number of likely N-dealkylation sites (tertiary alicyclic amines) is 1. The third-order valence-corrected chi connectivity index (χ3v) is 14.1. The maximum atomic E-state index is 13.5. The van der Waals surface area contributed by atoms with E-state index in [2.05, 4.69) is 59.3 Å². The number of hydrogen-bond acceptors (Lipinski definition) is 13. The number of carbonyl (C=O) groups is 7. The van der Waals surface area contributed by atoms with Gasteiger partial charge in [-0.2, -0.15) is 0 Å². The molecule has 0 spiro atoms. The van der Waals surface area contributed by atoms with Crippen LogP contribution in [-0.2, 0) is 61.2 Å². The zero-order valence-electron chi connectivity index (χ0n) is 47.1. The van der Waals surface area contributed by atoms with Crippen LogP contribution < -0.4 is 16.4 Å². The number of aliphatic imine (C=N–C) groups is 1. The van der Waals surface area contributed by atoms with Gasteiger partial charge in [0.15, 0.2) is 5.54 Å². The van der Waals surface area contributed by atoms with E-state index in [4.69, 9.17) is 35.1 Å². The molecule has 3 aromatic rings. The largest absolute Gasteiger partial charge is 0.625 e. The molecule has 0 bridgehead atoms. The molecule has 20 heteroatoms. The first kappa shape index (κ1) is 66.1.